The first-order valence-corrected chi connectivity index (χ1v) is 7.86. The molecule has 3 rings (SSSR count). The van der Waals surface area contributed by atoms with Gasteiger partial charge in [0.05, 0.1) is 18.3 Å². The number of aromatic nitrogens is 5. The summed E-state index contributed by atoms with van der Waals surface area (Å²) in [6, 6.07) is 8.94. The molecular formula is C16H17ClN6O. The maximum absolute atomic E-state index is 12.3. The SMILES string of the molecule is Cn1ccc([C@H](NC(=O)CCn2cncn2)c2ccc(Cl)cc2)n1. The molecule has 1 amide bonds. The first-order valence-electron chi connectivity index (χ1n) is 7.48. The summed E-state index contributed by atoms with van der Waals surface area (Å²) in [6.07, 6.45) is 5.19. The Morgan fingerprint density at radius 2 is 2.08 bits per heavy atom. The van der Waals surface area contributed by atoms with Crippen molar-refractivity contribution in [1.82, 2.24) is 29.9 Å². The van der Waals surface area contributed by atoms with E-state index in [4.69, 9.17) is 11.6 Å². The van der Waals surface area contributed by atoms with Gasteiger partial charge in [-0.05, 0) is 23.8 Å². The third-order valence-electron chi connectivity index (χ3n) is 3.57. The van der Waals surface area contributed by atoms with Crippen LogP contribution in [0, 0.1) is 0 Å². The van der Waals surface area contributed by atoms with Gasteiger partial charge in [-0.3, -0.25) is 14.2 Å². The topological polar surface area (TPSA) is 77.6 Å². The predicted octanol–water partition coefficient (Wildman–Crippen LogP) is 1.96. The molecule has 0 aliphatic carbocycles. The monoisotopic (exact) mass is 344 g/mol. The summed E-state index contributed by atoms with van der Waals surface area (Å²) in [6.45, 7) is 0.474. The van der Waals surface area contributed by atoms with Gasteiger partial charge in [-0.2, -0.15) is 10.2 Å². The summed E-state index contributed by atoms with van der Waals surface area (Å²) in [5.41, 5.74) is 1.70. The number of benzene rings is 1. The third kappa shape index (κ3) is 3.99. The van der Waals surface area contributed by atoms with Gasteiger partial charge < -0.3 is 5.32 Å². The second kappa shape index (κ2) is 7.27. The zero-order chi connectivity index (χ0) is 16.9. The van der Waals surface area contributed by atoms with Crippen LogP contribution in [0.15, 0.2) is 49.2 Å². The van der Waals surface area contributed by atoms with Crippen LogP contribution in [-0.4, -0.2) is 30.5 Å². The highest BCUT2D eigenvalue weighted by atomic mass is 35.5. The summed E-state index contributed by atoms with van der Waals surface area (Å²) in [5, 5.41) is 12.1. The van der Waals surface area contributed by atoms with Gasteiger partial charge in [0.1, 0.15) is 12.7 Å². The highest BCUT2D eigenvalue weighted by Crippen LogP contribution is 2.22. The van der Waals surface area contributed by atoms with E-state index in [-0.39, 0.29) is 11.9 Å². The first kappa shape index (κ1) is 16.2. The molecule has 0 aliphatic heterocycles. The highest BCUT2D eigenvalue weighted by molar-refractivity contribution is 6.30. The van der Waals surface area contributed by atoms with Gasteiger partial charge in [0.2, 0.25) is 5.91 Å². The molecule has 0 aliphatic rings. The normalized spacial score (nSPS) is 12.1. The zero-order valence-electron chi connectivity index (χ0n) is 13.1. The molecule has 24 heavy (non-hydrogen) atoms. The molecule has 0 bridgehead atoms. The maximum atomic E-state index is 12.3. The van der Waals surface area contributed by atoms with Gasteiger partial charge in [-0.15, -0.1) is 0 Å². The smallest absolute Gasteiger partial charge is 0.222 e. The molecule has 3 aromatic rings. The van der Waals surface area contributed by atoms with E-state index in [0.717, 1.165) is 11.3 Å². The van der Waals surface area contributed by atoms with Crippen molar-refractivity contribution in [3.05, 3.63) is 65.5 Å². The number of amides is 1. The van der Waals surface area contributed by atoms with E-state index in [1.54, 1.807) is 27.8 Å². The van der Waals surface area contributed by atoms with Gasteiger partial charge in [-0.1, -0.05) is 23.7 Å². The van der Waals surface area contributed by atoms with Crippen LogP contribution in [-0.2, 0) is 18.4 Å². The van der Waals surface area contributed by atoms with Crippen LogP contribution in [0.3, 0.4) is 0 Å². The van der Waals surface area contributed by atoms with Crippen LogP contribution >= 0.6 is 11.6 Å². The average molecular weight is 345 g/mol. The third-order valence-corrected chi connectivity index (χ3v) is 3.83. The quantitative estimate of drug-likeness (QED) is 0.741. The van der Waals surface area contributed by atoms with Crippen molar-refractivity contribution in [2.75, 3.05) is 0 Å². The Bertz CT molecular complexity index is 796. The van der Waals surface area contributed by atoms with Crippen molar-refractivity contribution in [2.24, 2.45) is 7.05 Å². The number of nitrogens with zero attached hydrogens (tertiary/aromatic N) is 5. The molecule has 8 heteroatoms. The lowest BCUT2D eigenvalue weighted by atomic mass is 10.0. The molecule has 0 unspecified atom stereocenters. The van der Waals surface area contributed by atoms with Gasteiger partial charge in [0.15, 0.2) is 0 Å². The lowest BCUT2D eigenvalue weighted by Gasteiger charge is -2.17. The largest absolute Gasteiger partial charge is 0.343 e. The number of carbonyl (C=O) groups excluding carboxylic acids is 1. The van der Waals surface area contributed by atoms with E-state index in [2.05, 4.69) is 20.5 Å². The van der Waals surface area contributed by atoms with E-state index in [9.17, 15) is 4.79 Å². The molecule has 1 atom stereocenters. The number of halogens is 1. The highest BCUT2D eigenvalue weighted by Gasteiger charge is 2.19. The predicted molar refractivity (Wildman–Crippen MR) is 89.3 cm³/mol. The Balaban J connectivity index is 1.74. The van der Waals surface area contributed by atoms with E-state index in [1.165, 1.54) is 6.33 Å². The summed E-state index contributed by atoms with van der Waals surface area (Å²) in [5.74, 6) is -0.0869. The van der Waals surface area contributed by atoms with Gasteiger partial charge in [0.25, 0.3) is 0 Å². The van der Waals surface area contributed by atoms with Crippen molar-refractivity contribution >= 4 is 17.5 Å². The molecule has 0 saturated carbocycles. The Morgan fingerprint density at radius 1 is 1.29 bits per heavy atom. The average Bonchev–Trinajstić information content (AvgIpc) is 3.23. The molecule has 1 N–H and O–H groups in total. The molecule has 1 aromatic carbocycles. The fourth-order valence-electron chi connectivity index (χ4n) is 2.37. The molecule has 0 fully saturated rings. The first-order chi connectivity index (χ1) is 11.6. The maximum Gasteiger partial charge on any atom is 0.222 e. The van der Waals surface area contributed by atoms with E-state index in [1.807, 2.05) is 31.4 Å². The molecular weight excluding hydrogens is 328 g/mol. The van der Waals surface area contributed by atoms with Crippen LogP contribution in [0.1, 0.15) is 23.7 Å². The van der Waals surface area contributed by atoms with Crippen molar-refractivity contribution in [2.45, 2.75) is 19.0 Å². The minimum Gasteiger partial charge on any atom is -0.343 e. The molecule has 0 saturated heterocycles. The number of hydrogen-bond donors (Lipinski definition) is 1. The Labute approximate surface area is 144 Å². The number of rotatable bonds is 6. The number of nitrogens with one attached hydrogen (secondary N) is 1. The Kier molecular flexibility index (Phi) is 4.90. The van der Waals surface area contributed by atoms with E-state index >= 15 is 0 Å². The Hall–Kier alpha value is -2.67. The van der Waals surface area contributed by atoms with Crippen LogP contribution < -0.4 is 5.32 Å². The second-order valence-corrected chi connectivity index (χ2v) is 5.81. The number of carbonyl (C=O) groups is 1. The molecule has 2 heterocycles. The standard InChI is InChI=1S/C16H17ClN6O/c1-22-8-6-14(21-22)16(12-2-4-13(17)5-3-12)20-15(24)7-9-23-11-18-10-19-23/h2-6,8,10-11,16H,7,9H2,1H3,(H,20,24)/t16-/m1/s1. The fourth-order valence-corrected chi connectivity index (χ4v) is 2.49. The van der Waals surface area contributed by atoms with Crippen LogP contribution in [0.2, 0.25) is 5.02 Å². The van der Waals surface area contributed by atoms with E-state index in [0.29, 0.717) is 18.0 Å². The lowest BCUT2D eigenvalue weighted by Crippen LogP contribution is -2.30. The van der Waals surface area contributed by atoms with Crippen molar-refractivity contribution in [3.63, 3.8) is 0 Å². The van der Waals surface area contributed by atoms with Crippen LogP contribution in [0.5, 0.6) is 0 Å². The minimum atomic E-state index is -0.327. The summed E-state index contributed by atoms with van der Waals surface area (Å²) < 4.78 is 3.33. The molecule has 124 valence electrons. The summed E-state index contributed by atoms with van der Waals surface area (Å²) in [7, 11) is 1.84. The van der Waals surface area contributed by atoms with Gasteiger partial charge in [0, 0.05) is 24.7 Å². The van der Waals surface area contributed by atoms with Crippen molar-refractivity contribution < 1.29 is 4.79 Å². The molecule has 0 spiro atoms. The lowest BCUT2D eigenvalue weighted by molar-refractivity contribution is -0.121. The zero-order valence-corrected chi connectivity index (χ0v) is 13.9. The molecule has 2 aromatic heterocycles. The number of aryl methyl sites for hydroxylation is 2. The molecule has 7 nitrogen and oxygen atoms in total. The van der Waals surface area contributed by atoms with Crippen LogP contribution in [0.25, 0.3) is 0 Å². The number of hydrogen-bond acceptors (Lipinski definition) is 4. The van der Waals surface area contributed by atoms with Gasteiger partial charge >= 0.3 is 0 Å². The fraction of sp³-hybridized carbons (Fsp3) is 0.250. The second-order valence-electron chi connectivity index (χ2n) is 5.37. The molecule has 0 radical (unpaired) electrons. The minimum absolute atomic E-state index is 0.0869. The van der Waals surface area contributed by atoms with Crippen molar-refractivity contribution in [3.8, 4) is 0 Å². The van der Waals surface area contributed by atoms with Gasteiger partial charge in [-0.25, -0.2) is 4.98 Å². The van der Waals surface area contributed by atoms with Crippen molar-refractivity contribution in [1.29, 1.82) is 0 Å². The van der Waals surface area contributed by atoms with Crippen LogP contribution in [0.4, 0.5) is 0 Å². The van der Waals surface area contributed by atoms with E-state index < -0.39 is 0 Å². The Morgan fingerprint density at radius 3 is 2.71 bits per heavy atom. The summed E-state index contributed by atoms with van der Waals surface area (Å²) in [4.78, 5) is 16.2. The summed E-state index contributed by atoms with van der Waals surface area (Å²) >= 11 is 5.96.